The topological polar surface area (TPSA) is 87.9 Å². The Morgan fingerprint density at radius 3 is 3.16 bits per heavy atom. The summed E-state index contributed by atoms with van der Waals surface area (Å²) in [5.74, 6) is 1.09. The highest BCUT2D eigenvalue weighted by molar-refractivity contribution is 7.99. The molecule has 3 heterocycles. The van der Waals surface area contributed by atoms with Crippen LogP contribution in [0.2, 0.25) is 0 Å². The summed E-state index contributed by atoms with van der Waals surface area (Å²) in [5.41, 5.74) is 1.34. The molecule has 0 aliphatic carbocycles. The van der Waals surface area contributed by atoms with Gasteiger partial charge in [0.1, 0.15) is 11.6 Å². The lowest BCUT2D eigenvalue weighted by atomic mass is 10.2. The first-order valence-corrected chi connectivity index (χ1v) is 8.96. The van der Waals surface area contributed by atoms with E-state index in [4.69, 9.17) is 4.42 Å². The van der Waals surface area contributed by atoms with E-state index in [2.05, 4.69) is 20.2 Å². The number of rotatable bonds is 4. The predicted molar refractivity (Wildman–Crippen MR) is 89.5 cm³/mol. The number of carbonyl (C=O) groups excluding carboxylic acids is 1. The van der Waals surface area contributed by atoms with Crippen LogP contribution in [0.25, 0.3) is 11.0 Å². The number of fused-ring (bicyclic) bond motifs is 1. The molecular weight excluding hydrogens is 345 g/mol. The van der Waals surface area contributed by atoms with E-state index in [9.17, 15) is 9.18 Å². The summed E-state index contributed by atoms with van der Waals surface area (Å²) in [6.45, 7) is 2.39. The highest BCUT2D eigenvalue weighted by Gasteiger charge is 2.32. The van der Waals surface area contributed by atoms with Gasteiger partial charge >= 0.3 is 0 Å². The molecule has 1 atom stereocenters. The van der Waals surface area contributed by atoms with Gasteiger partial charge in [0.2, 0.25) is 11.8 Å². The second-order valence-corrected chi connectivity index (χ2v) is 6.83. The first kappa shape index (κ1) is 16.1. The average Bonchev–Trinajstić information content (AvgIpc) is 3.30. The Morgan fingerprint density at radius 1 is 1.48 bits per heavy atom. The number of aromatic amines is 1. The van der Waals surface area contributed by atoms with Gasteiger partial charge in [0.25, 0.3) is 5.22 Å². The Kier molecular flexibility index (Phi) is 4.16. The molecule has 1 fully saturated rings. The summed E-state index contributed by atoms with van der Waals surface area (Å²) in [4.78, 5) is 22.1. The van der Waals surface area contributed by atoms with Crippen LogP contribution in [0.4, 0.5) is 4.39 Å². The molecule has 3 aromatic rings. The van der Waals surface area contributed by atoms with E-state index in [-0.39, 0.29) is 23.5 Å². The van der Waals surface area contributed by atoms with Gasteiger partial charge in [-0.25, -0.2) is 9.37 Å². The van der Waals surface area contributed by atoms with Gasteiger partial charge in [-0.1, -0.05) is 11.8 Å². The number of imidazole rings is 1. The maximum absolute atomic E-state index is 13.4. The Labute approximate surface area is 147 Å². The molecule has 1 unspecified atom stereocenters. The van der Waals surface area contributed by atoms with Gasteiger partial charge in [0, 0.05) is 13.5 Å². The Balaban J connectivity index is 1.49. The standard InChI is InChI=1S/C16H16FN5O2S/c1-9-20-21-16(24-9)25-8-14(23)22-6-2-3-13(22)15-18-11-5-4-10(17)7-12(11)19-15/h4-5,7,13H,2-3,6,8H2,1H3,(H,18,19). The van der Waals surface area contributed by atoms with Crippen LogP contribution in [-0.2, 0) is 4.79 Å². The molecule has 0 bridgehead atoms. The average molecular weight is 361 g/mol. The third-order valence-electron chi connectivity index (χ3n) is 4.18. The number of likely N-dealkylation sites (tertiary alicyclic amines) is 1. The van der Waals surface area contributed by atoms with Crippen LogP contribution in [0.5, 0.6) is 0 Å². The van der Waals surface area contributed by atoms with Gasteiger partial charge in [-0.2, -0.15) is 0 Å². The van der Waals surface area contributed by atoms with Crippen molar-refractivity contribution in [2.75, 3.05) is 12.3 Å². The highest BCUT2D eigenvalue weighted by atomic mass is 32.2. The fourth-order valence-corrected chi connectivity index (χ4v) is 3.74. The van der Waals surface area contributed by atoms with Gasteiger partial charge in [-0.05, 0) is 31.0 Å². The molecule has 1 N–H and O–H groups in total. The third-order valence-corrected chi connectivity index (χ3v) is 4.98. The quantitative estimate of drug-likeness (QED) is 0.719. The van der Waals surface area contributed by atoms with E-state index in [1.54, 1.807) is 13.0 Å². The largest absolute Gasteiger partial charge is 0.416 e. The fourth-order valence-electron chi connectivity index (χ4n) is 3.05. The zero-order chi connectivity index (χ0) is 17.4. The number of H-pyrrole nitrogens is 1. The number of amides is 1. The van der Waals surface area contributed by atoms with Crippen LogP contribution in [0.1, 0.15) is 30.6 Å². The molecule has 1 aliphatic heterocycles. The lowest BCUT2D eigenvalue weighted by Gasteiger charge is -2.22. The molecule has 9 heteroatoms. The van der Waals surface area contributed by atoms with Crippen molar-refractivity contribution < 1.29 is 13.6 Å². The van der Waals surface area contributed by atoms with Crippen LogP contribution in [0, 0.1) is 12.7 Å². The monoisotopic (exact) mass is 361 g/mol. The van der Waals surface area contributed by atoms with Crippen molar-refractivity contribution in [3.63, 3.8) is 0 Å². The van der Waals surface area contributed by atoms with Gasteiger partial charge in [-0.3, -0.25) is 4.79 Å². The fraction of sp³-hybridized carbons (Fsp3) is 0.375. The summed E-state index contributed by atoms with van der Waals surface area (Å²) in [6, 6.07) is 4.32. The Bertz CT molecular complexity index is 924. The Hall–Kier alpha value is -2.42. The van der Waals surface area contributed by atoms with Crippen molar-refractivity contribution in [1.29, 1.82) is 0 Å². The number of hydrogen-bond acceptors (Lipinski definition) is 6. The molecule has 130 valence electrons. The number of benzene rings is 1. The van der Waals surface area contributed by atoms with E-state index in [0.29, 0.717) is 34.5 Å². The predicted octanol–water partition coefficient (Wildman–Crippen LogP) is 2.85. The van der Waals surface area contributed by atoms with Crippen LogP contribution in [0.15, 0.2) is 27.8 Å². The minimum Gasteiger partial charge on any atom is -0.416 e. The van der Waals surface area contributed by atoms with E-state index in [0.717, 1.165) is 12.8 Å². The van der Waals surface area contributed by atoms with Crippen molar-refractivity contribution in [2.45, 2.75) is 31.0 Å². The Morgan fingerprint density at radius 2 is 2.36 bits per heavy atom. The minimum absolute atomic E-state index is 0.00464. The van der Waals surface area contributed by atoms with Crippen LogP contribution < -0.4 is 0 Å². The molecule has 0 radical (unpaired) electrons. The molecule has 7 nitrogen and oxygen atoms in total. The summed E-state index contributed by atoms with van der Waals surface area (Å²) in [6.07, 6.45) is 1.74. The second kappa shape index (κ2) is 6.47. The van der Waals surface area contributed by atoms with Crippen molar-refractivity contribution in [3.8, 4) is 0 Å². The number of aryl methyl sites for hydroxylation is 1. The van der Waals surface area contributed by atoms with E-state index in [1.165, 1.54) is 23.9 Å². The van der Waals surface area contributed by atoms with Gasteiger partial charge in [0.15, 0.2) is 0 Å². The number of nitrogens with zero attached hydrogens (tertiary/aromatic N) is 4. The molecule has 1 amide bonds. The summed E-state index contributed by atoms with van der Waals surface area (Å²) in [5, 5.41) is 8.02. The molecule has 4 rings (SSSR count). The van der Waals surface area contributed by atoms with Crippen LogP contribution in [-0.4, -0.2) is 43.3 Å². The lowest BCUT2D eigenvalue weighted by Crippen LogP contribution is -2.32. The molecular formula is C16H16FN5O2S. The molecule has 1 saturated heterocycles. The van der Waals surface area contributed by atoms with Crippen LogP contribution in [0.3, 0.4) is 0 Å². The third kappa shape index (κ3) is 3.23. The van der Waals surface area contributed by atoms with E-state index in [1.807, 2.05) is 4.90 Å². The number of nitrogens with one attached hydrogen (secondary N) is 1. The van der Waals surface area contributed by atoms with Crippen LogP contribution >= 0.6 is 11.8 Å². The molecule has 25 heavy (non-hydrogen) atoms. The summed E-state index contributed by atoms with van der Waals surface area (Å²) >= 11 is 1.23. The first-order chi connectivity index (χ1) is 12.1. The van der Waals surface area contributed by atoms with E-state index >= 15 is 0 Å². The van der Waals surface area contributed by atoms with Crippen molar-refractivity contribution in [1.82, 2.24) is 25.1 Å². The first-order valence-electron chi connectivity index (χ1n) is 7.98. The van der Waals surface area contributed by atoms with Crippen molar-refractivity contribution in [3.05, 3.63) is 35.7 Å². The SMILES string of the molecule is Cc1nnc(SCC(=O)N2CCCC2c2nc3ccc(F)cc3[nH]2)o1. The van der Waals surface area contributed by atoms with Gasteiger partial charge in [-0.15, -0.1) is 10.2 Å². The number of halogens is 1. The number of carbonyl (C=O) groups is 1. The lowest BCUT2D eigenvalue weighted by molar-refractivity contribution is -0.129. The van der Waals surface area contributed by atoms with Gasteiger partial charge in [0.05, 0.1) is 22.8 Å². The number of aromatic nitrogens is 4. The van der Waals surface area contributed by atoms with Crippen molar-refractivity contribution in [2.24, 2.45) is 0 Å². The zero-order valence-corrected chi connectivity index (χ0v) is 14.3. The molecule has 0 spiro atoms. The zero-order valence-electron chi connectivity index (χ0n) is 13.5. The summed E-state index contributed by atoms with van der Waals surface area (Å²) < 4.78 is 18.6. The molecule has 1 aromatic carbocycles. The molecule has 0 saturated carbocycles. The molecule has 1 aliphatic rings. The number of hydrogen-bond donors (Lipinski definition) is 1. The van der Waals surface area contributed by atoms with E-state index < -0.39 is 0 Å². The number of thioether (sulfide) groups is 1. The highest BCUT2D eigenvalue weighted by Crippen LogP contribution is 2.32. The second-order valence-electron chi connectivity index (χ2n) is 5.90. The van der Waals surface area contributed by atoms with Crippen molar-refractivity contribution >= 4 is 28.7 Å². The summed E-state index contributed by atoms with van der Waals surface area (Å²) in [7, 11) is 0. The van der Waals surface area contributed by atoms with Gasteiger partial charge < -0.3 is 14.3 Å². The normalized spacial score (nSPS) is 17.5. The molecule has 2 aromatic heterocycles. The maximum atomic E-state index is 13.4. The maximum Gasteiger partial charge on any atom is 0.277 e. The minimum atomic E-state index is -0.312. The smallest absolute Gasteiger partial charge is 0.277 e.